The molecular weight excluding hydrogens is 412 g/mol. The van der Waals surface area contributed by atoms with Gasteiger partial charge >= 0.3 is 24.2 Å². The third-order valence-electron chi connectivity index (χ3n) is 5.28. The minimum Gasteiger partial charge on any atom is -0.203 e. The first-order chi connectivity index (χ1) is 13.0. The maximum absolute atomic E-state index is 14.8. The van der Waals surface area contributed by atoms with Gasteiger partial charge in [-0.15, -0.1) is 11.8 Å². The van der Waals surface area contributed by atoms with Crippen LogP contribution in [0.2, 0.25) is 0 Å². The average Bonchev–Trinajstić information content (AvgIpc) is 2.67. The number of alkyl halides is 8. The lowest BCUT2D eigenvalue weighted by atomic mass is 9.73. The molecule has 2 aliphatic heterocycles. The van der Waals surface area contributed by atoms with Gasteiger partial charge in [0.2, 0.25) is 0 Å². The van der Waals surface area contributed by atoms with Crippen molar-refractivity contribution in [2.24, 2.45) is 0 Å². The summed E-state index contributed by atoms with van der Waals surface area (Å²) in [5.74, 6) is -19.1. The van der Waals surface area contributed by atoms with Crippen molar-refractivity contribution < 1.29 is 35.1 Å². The summed E-state index contributed by atoms with van der Waals surface area (Å²) < 4.78 is 110. The Morgan fingerprint density at radius 2 is 1.14 bits per heavy atom. The molecule has 2 bridgehead atoms. The molecule has 0 spiro atoms. The van der Waals surface area contributed by atoms with Gasteiger partial charge in [-0.2, -0.15) is 26.3 Å². The number of thioether (sulfide) groups is 1. The van der Waals surface area contributed by atoms with E-state index in [1.807, 2.05) is 0 Å². The van der Waals surface area contributed by atoms with E-state index in [1.54, 1.807) is 24.3 Å². The molecule has 1 atom stereocenters. The molecule has 28 heavy (non-hydrogen) atoms. The van der Waals surface area contributed by atoms with Crippen molar-refractivity contribution in [1.82, 2.24) is 0 Å². The highest BCUT2D eigenvalue weighted by Crippen LogP contribution is 2.65. The van der Waals surface area contributed by atoms with E-state index in [0.717, 1.165) is 0 Å². The van der Waals surface area contributed by atoms with Gasteiger partial charge in [-0.05, 0) is 22.3 Å². The zero-order valence-corrected chi connectivity index (χ0v) is 14.7. The molecule has 0 fully saturated rings. The Bertz CT molecular complexity index is 863. The smallest absolute Gasteiger partial charge is 0.203 e. The second-order valence-corrected chi connectivity index (χ2v) is 8.04. The third kappa shape index (κ3) is 2.37. The minimum atomic E-state index is -6.22. The summed E-state index contributed by atoms with van der Waals surface area (Å²) in [7, 11) is 0. The molecule has 0 radical (unpaired) electrons. The Kier molecular flexibility index (Phi) is 4.27. The van der Waals surface area contributed by atoms with Gasteiger partial charge in [-0.3, -0.25) is 0 Å². The summed E-state index contributed by atoms with van der Waals surface area (Å²) in [6.45, 7) is 0. The van der Waals surface area contributed by atoms with Gasteiger partial charge < -0.3 is 0 Å². The maximum Gasteiger partial charge on any atom is 0.379 e. The zero-order chi connectivity index (χ0) is 20.5. The van der Waals surface area contributed by atoms with Crippen molar-refractivity contribution >= 4 is 11.8 Å². The maximum atomic E-state index is 14.8. The van der Waals surface area contributed by atoms with Gasteiger partial charge in [0.25, 0.3) is 0 Å². The molecule has 0 nitrogen and oxygen atoms in total. The third-order valence-corrected chi connectivity index (χ3v) is 6.92. The summed E-state index contributed by atoms with van der Waals surface area (Å²) >= 11 is 0.420. The van der Waals surface area contributed by atoms with Gasteiger partial charge in [0, 0.05) is 5.92 Å². The van der Waals surface area contributed by atoms with Gasteiger partial charge in [-0.25, -0.2) is 8.78 Å². The molecule has 9 heteroatoms. The summed E-state index contributed by atoms with van der Waals surface area (Å²) in [4.78, 5) is 0. The summed E-state index contributed by atoms with van der Waals surface area (Å²) in [5.41, 5.74) is 1.91. The fourth-order valence-corrected chi connectivity index (χ4v) is 5.72. The fourth-order valence-electron chi connectivity index (χ4n) is 3.93. The Hall–Kier alpha value is -1.77. The number of benzene rings is 2. The fraction of sp³-hybridized carbons (Fsp3) is 0.368. The van der Waals surface area contributed by atoms with E-state index in [2.05, 4.69) is 0 Å². The van der Waals surface area contributed by atoms with Gasteiger partial charge in [0.1, 0.15) is 0 Å². The van der Waals surface area contributed by atoms with Crippen LogP contribution in [0.3, 0.4) is 0 Å². The quantitative estimate of drug-likeness (QED) is 0.505. The van der Waals surface area contributed by atoms with Crippen molar-refractivity contribution in [2.45, 2.75) is 40.6 Å². The molecule has 1 aliphatic carbocycles. The topological polar surface area (TPSA) is 0 Å². The van der Waals surface area contributed by atoms with Crippen molar-refractivity contribution in [2.75, 3.05) is 0 Å². The number of fused-ring (bicyclic) bond motifs is 1. The van der Waals surface area contributed by atoms with Crippen LogP contribution in [-0.2, 0) is 0 Å². The normalized spacial score (nSPS) is 24.2. The number of hydrogen-bond acceptors (Lipinski definition) is 1. The molecule has 0 aromatic heterocycles. The zero-order valence-electron chi connectivity index (χ0n) is 13.9. The first kappa shape index (κ1) is 19.5. The van der Waals surface area contributed by atoms with E-state index >= 15 is 0 Å². The summed E-state index contributed by atoms with van der Waals surface area (Å²) in [6, 6.07) is 12.7. The number of hydrogen-bond donors (Lipinski definition) is 0. The van der Waals surface area contributed by atoms with Crippen molar-refractivity contribution in [1.29, 1.82) is 0 Å². The molecule has 3 aliphatic rings. The molecule has 150 valence electrons. The Balaban J connectivity index is 1.87. The highest BCUT2D eigenvalue weighted by Gasteiger charge is 2.78. The first-order valence-electron chi connectivity index (χ1n) is 8.26. The van der Waals surface area contributed by atoms with E-state index in [-0.39, 0.29) is 0 Å². The van der Waals surface area contributed by atoms with Crippen LogP contribution < -0.4 is 0 Å². The van der Waals surface area contributed by atoms with Gasteiger partial charge in [0.05, 0.1) is 10.5 Å². The van der Waals surface area contributed by atoms with E-state index in [4.69, 9.17) is 0 Å². The highest BCUT2D eigenvalue weighted by atomic mass is 32.2. The molecule has 1 unspecified atom stereocenters. The average molecular weight is 424 g/mol. The first-order valence-corrected chi connectivity index (χ1v) is 9.20. The van der Waals surface area contributed by atoms with E-state index < -0.39 is 40.6 Å². The predicted octanol–water partition coefficient (Wildman–Crippen LogP) is 6.51. The van der Waals surface area contributed by atoms with Crippen LogP contribution in [0, 0.1) is 0 Å². The van der Waals surface area contributed by atoms with Crippen molar-refractivity contribution in [3.8, 4) is 0 Å². The van der Waals surface area contributed by atoms with Crippen LogP contribution in [0.25, 0.3) is 0 Å². The molecule has 5 rings (SSSR count). The molecule has 2 heterocycles. The van der Waals surface area contributed by atoms with Crippen molar-refractivity contribution in [3.05, 3.63) is 70.8 Å². The molecule has 0 N–H and O–H groups in total. The van der Waals surface area contributed by atoms with Crippen LogP contribution in [0.15, 0.2) is 48.5 Å². The standard InChI is InChI=1S/C19H12F8S/c20-16(21)18(24,25)19(26,27)17(22,23)15-13-9-5-1-3-7-11(9)14(28-15)12-8-4-2-6-10(12)13/h1-8,13-16H. The second-order valence-electron chi connectivity index (χ2n) is 6.79. The lowest BCUT2D eigenvalue weighted by Gasteiger charge is -2.49. The van der Waals surface area contributed by atoms with Gasteiger partial charge in [-0.1, -0.05) is 48.5 Å². The Morgan fingerprint density at radius 1 is 0.714 bits per heavy atom. The van der Waals surface area contributed by atoms with E-state index in [0.29, 0.717) is 34.0 Å². The Labute approximate surface area is 158 Å². The molecule has 0 saturated carbocycles. The van der Waals surface area contributed by atoms with E-state index in [1.165, 1.54) is 24.3 Å². The molecule has 0 amide bonds. The molecular formula is C19H12F8S. The molecule has 2 aromatic carbocycles. The minimum absolute atomic E-state index is 0.325. The number of rotatable bonds is 4. The number of halogens is 8. The Morgan fingerprint density at radius 3 is 1.57 bits per heavy atom. The van der Waals surface area contributed by atoms with Crippen molar-refractivity contribution in [3.63, 3.8) is 0 Å². The molecule has 2 aromatic rings. The van der Waals surface area contributed by atoms with Crippen LogP contribution in [-0.4, -0.2) is 29.4 Å². The largest absolute Gasteiger partial charge is 0.379 e. The lowest BCUT2D eigenvalue weighted by Crippen LogP contribution is -2.63. The monoisotopic (exact) mass is 424 g/mol. The van der Waals surface area contributed by atoms with Crippen LogP contribution in [0.1, 0.15) is 33.4 Å². The van der Waals surface area contributed by atoms with Crippen LogP contribution >= 0.6 is 11.8 Å². The summed E-state index contributed by atoms with van der Waals surface area (Å²) in [5, 5.41) is -3.09. The summed E-state index contributed by atoms with van der Waals surface area (Å²) in [6.07, 6.45) is -4.92. The lowest BCUT2D eigenvalue weighted by molar-refractivity contribution is -0.338. The van der Waals surface area contributed by atoms with Crippen LogP contribution in [0.5, 0.6) is 0 Å². The van der Waals surface area contributed by atoms with Gasteiger partial charge in [0.15, 0.2) is 0 Å². The second kappa shape index (κ2) is 6.11. The van der Waals surface area contributed by atoms with Crippen LogP contribution in [0.4, 0.5) is 35.1 Å². The SMILES string of the molecule is FC(F)C(F)(F)C(F)(F)C(F)(F)C1SC2c3ccccc3C1c1ccccc12. The highest BCUT2D eigenvalue weighted by molar-refractivity contribution is 8.00. The predicted molar refractivity (Wildman–Crippen MR) is 88.8 cm³/mol. The van der Waals surface area contributed by atoms with E-state index in [9.17, 15) is 35.1 Å². The molecule has 0 saturated heterocycles.